The van der Waals surface area contributed by atoms with Gasteiger partial charge in [0.1, 0.15) is 10.8 Å². The Morgan fingerprint density at radius 1 is 1.16 bits per heavy atom. The number of thioether (sulfide) groups is 1. The Kier molecular flexibility index (Phi) is 7.47. The number of piperidine rings is 1. The molecule has 1 aliphatic carbocycles. The summed E-state index contributed by atoms with van der Waals surface area (Å²) >= 11 is 1.33. The Hall–Kier alpha value is -2.81. The van der Waals surface area contributed by atoms with Crippen LogP contribution in [-0.4, -0.2) is 53.5 Å². The van der Waals surface area contributed by atoms with E-state index in [-0.39, 0.29) is 23.5 Å². The molecule has 0 radical (unpaired) electrons. The van der Waals surface area contributed by atoms with Crippen molar-refractivity contribution in [2.45, 2.75) is 43.7 Å². The summed E-state index contributed by atoms with van der Waals surface area (Å²) in [6.07, 6.45) is 4.08. The first-order valence-corrected chi connectivity index (χ1v) is 12.1. The summed E-state index contributed by atoms with van der Waals surface area (Å²) in [6.45, 7) is 3.98. The highest BCUT2D eigenvalue weighted by atomic mass is 32.2. The van der Waals surface area contributed by atoms with Crippen LogP contribution >= 0.6 is 11.8 Å². The normalized spacial score (nSPS) is 18.2. The summed E-state index contributed by atoms with van der Waals surface area (Å²) in [5, 5.41) is 15.3. The first-order chi connectivity index (χ1) is 15.6. The van der Waals surface area contributed by atoms with E-state index in [0.29, 0.717) is 35.7 Å². The van der Waals surface area contributed by atoms with Gasteiger partial charge in [0, 0.05) is 19.1 Å². The van der Waals surface area contributed by atoms with Crippen molar-refractivity contribution >= 4 is 35.1 Å². The molecule has 0 spiro atoms. The van der Waals surface area contributed by atoms with Gasteiger partial charge in [0.2, 0.25) is 11.8 Å². The topological polar surface area (TPSA) is 96.5 Å². The van der Waals surface area contributed by atoms with E-state index < -0.39 is 0 Å². The van der Waals surface area contributed by atoms with Gasteiger partial charge in [0.05, 0.1) is 24.0 Å². The first-order valence-electron chi connectivity index (χ1n) is 11.2. The number of rotatable bonds is 9. The molecule has 2 heterocycles. The van der Waals surface area contributed by atoms with Gasteiger partial charge in [-0.2, -0.15) is 0 Å². The van der Waals surface area contributed by atoms with E-state index in [1.807, 2.05) is 43.3 Å². The lowest BCUT2D eigenvalue weighted by atomic mass is 9.97. The molecule has 1 atom stereocenters. The molecule has 1 aromatic heterocycles. The predicted octanol–water partition coefficient (Wildman–Crippen LogP) is 3.10. The van der Waals surface area contributed by atoms with E-state index in [9.17, 15) is 9.59 Å². The first kappa shape index (κ1) is 22.4. The number of benzene rings is 1. The number of aromatic nitrogens is 2. The second kappa shape index (κ2) is 10.7. The van der Waals surface area contributed by atoms with E-state index in [0.717, 1.165) is 38.0 Å². The molecular formula is C23H29N5O3S. The standard InChI is InChI=1S/C23H29N5O3S/c1-2-31-19-8-4-3-7-18(19)25-21(29)15-32-22-12-11-20(26-27-22)28-13-5-6-16(14-28)23(30)24-17-9-10-17/h3-4,7-8,11-12,16-17H,2,5-6,9-10,13-15H2,1H3,(H,24,30)(H,25,29). The van der Waals surface area contributed by atoms with Crippen LogP contribution in [0.2, 0.25) is 0 Å². The highest BCUT2D eigenvalue weighted by Gasteiger charge is 2.30. The van der Waals surface area contributed by atoms with E-state index in [1.54, 1.807) is 0 Å². The summed E-state index contributed by atoms with van der Waals surface area (Å²) in [5.41, 5.74) is 0.659. The van der Waals surface area contributed by atoms with Crippen LogP contribution in [0.1, 0.15) is 32.6 Å². The molecule has 0 bridgehead atoms. The average Bonchev–Trinajstić information content (AvgIpc) is 3.64. The van der Waals surface area contributed by atoms with Crippen molar-refractivity contribution in [1.29, 1.82) is 0 Å². The van der Waals surface area contributed by atoms with Crippen molar-refractivity contribution < 1.29 is 14.3 Å². The fourth-order valence-electron chi connectivity index (χ4n) is 3.68. The van der Waals surface area contributed by atoms with Gasteiger partial charge >= 0.3 is 0 Å². The van der Waals surface area contributed by atoms with Crippen LogP contribution in [0.5, 0.6) is 5.75 Å². The highest BCUT2D eigenvalue weighted by Crippen LogP contribution is 2.26. The molecule has 1 aliphatic heterocycles. The Labute approximate surface area is 192 Å². The molecule has 1 saturated carbocycles. The predicted molar refractivity (Wildman–Crippen MR) is 125 cm³/mol. The minimum absolute atomic E-state index is 0.00321. The van der Waals surface area contributed by atoms with Gasteiger partial charge in [0.15, 0.2) is 5.82 Å². The number of anilines is 2. The zero-order chi connectivity index (χ0) is 22.3. The van der Waals surface area contributed by atoms with Gasteiger partial charge in [-0.15, -0.1) is 10.2 Å². The molecule has 1 aromatic carbocycles. The van der Waals surface area contributed by atoms with Crippen LogP contribution in [0.15, 0.2) is 41.4 Å². The summed E-state index contributed by atoms with van der Waals surface area (Å²) < 4.78 is 5.54. The monoisotopic (exact) mass is 455 g/mol. The lowest BCUT2D eigenvalue weighted by Crippen LogP contribution is -2.44. The maximum Gasteiger partial charge on any atom is 0.234 e. The van der Waals surface area contributed by atoms with Crippen molar-refractivity contribution in [3.63, 3.8) is 0 Å². The molecular weight excluding hydrogens is 426 g/mol. The maximum atomic E-state index is 12.4. The van der Waals surface area contributed by atoms with E-state index in [4.69, 9.17) is 4.74 Å². The zero-order valence-corrected chi connectivity index (χ0v) is 19.1. The van der Waals surface area contributed by atoms with Crippen molar-refractivity contribution in [3.05, 3.63) is 36.4 Å². The molecule has 9 heteroatoms. The molecule has 2 fully saturated rings. The van der Waals surface area contributed by atoms with Crippen LogP contribution in [0, 0.1) is 5.92 Å². The minimum atomic E-state index is -0.131. The van der Waals surface area contributed by atoms with Crippen LogP contribution in [0.25, 0.3) is 0 Å². The quantitative estimate of drug-likeness (QED) is 0.561. The molecule has 32 heavy (non-hydrogen) atoms. The van der Waals surface area contributed by atoms with Crippen LogP contribution < -0.4 is 20.3 Å². The van der Waals surface area contributed by atoms with Crippen molar-refractivity contribution in [2.24, 2.45) is 5.92 Å². The van der Waals surface area contributed by atoms with E-state index in [2.05, 4.69) is 25.7 Å². The number of amides is 2. The fourth-order valence-corrected chi connectivity index (χ4v) is 4.30. The lowest BCUT2D eigenvalue weighted by molar-refractivity contribution is -0.125. The molecule has 1 saturated heterocycles. The zero-order valence-electron chi connectivity index (χ0n) is 18.3. The second-order valence-corrected chi connectivity index (χ2v) is 9.06. The van der Waals surface area contributed by atoms with Gasteiger partial charge in [-0.05, 0) is 56.9 Å². The Morgan fingerprint density at radius 2 is 2.00 bits per heavy atom. The number of carbonyl (C=O) groups is 2. The third-order valence-electron chi connectivity index (χ3n) is 5.48. The number of nitrogens with zero attached hydrogens (tertiary/aromatic N) is 3. The van der Waals surface area contributed by atoms with Crippen molar-refractivity contribution in [2.75, 3.05) is 35.7 Å². The lowest BCUT2D eigenvalue weighted by Gasteiger charge is -2.32. The van der Waals surface area contributed by atoms with Gasteiger partial charge in [-0.3, -0.25) is 9.59 Å². The van der Waals surface area contributed by atoms with E-state index in [1.165, 1.54) is 11.8 Å². The Balaban J connectivity index is 1.27. The molecule has 2 N–H and O–H groups in total. The average molecular weight is 456 g/mol. The Morgan fingerprint density at radius 3 is 2.75 bits per heavy atom. The number of nitrogens with one attached hydrogen (secondary N) is 2. The SMILES string of the molecule is CCOc1ccccc1NC(=O)CSc1ccc(N2CCCC(C(=O)NC3CC3)C2)nn1. The number of para-hydroxylation sites is 2. The van der Waals surface area contributed by atoms with Gasteiger partial charge in [-0.1, -0.05) is 23.9 Å². The third-order valence-corrected chi connectivity index (χ3v) is 6.40. The highest BCUT2D eigenvalue weighted by molar-refractivity contribution is 7.99. The van der Waals surface area contributed by atoms with Crippen molar-refractivity contribution in [1.82, 2.24) is 15.5 Å². The number of carbonyl (C=O) groups excluding carboxylic acids is 2. The third kappa shape index (κ3) is 6.12. The van der Waals surface area contributed by atoms with Gasteiger partial charge in [0.25, 0.3) is 0 Å². The molecule has 170 valence electrons. The molecule has 2 aromatic rings. The van der Waals surface area contributed by atoms with E-state index >= 15 is 0 Å². The van der Waals surface area contributed by atoms with Gasteiger partial charge in [-0.25, -0.2) is 0 Å². The molecule has 8 nitrogen and oxygen atoms in total. The summed E-state index contributed by atoms with van der Waals surface area (Å²) in [5.74, 6) is 1.68. The summed E-state index contributed by atoms with van der Waals surface area (Å²) in [7, 11) is 0. The van der Waals surface area contributed by atoms with Crippen LogP contribution in [0.4, 0.5) is 11.5 Å². The fraction of sp³-hybridized carbons (Fsp3) is 0.478. The molecule has 1 unspecified atom stereocenters. The van der Waals surface area contributed by atoms with Crippen LogP contribution in [-0.2, 0) is 9.59 Å². The summed E-state index contributed by atoms with van der Waals surface area (Å²) in [4.78, 5) is 26.9. The second-order valence-electron chi connectivity index (χ2n) is 8.06. The summed E-state index contributed by atoms with van der Waals surface area (Å²) in [6, 6.07) is 11.6. The largest absolute Gasteiger partial charge is 0.492 e. The number of hydrogen-bond acceptors (Lipinski definition) is 7. The Bertz CT molecular complexity index is 935. The molecule has 4 rings (SSSR count). The van der Waals surface area contributed by atoms with Gasteiger partial charge < -0.3 is 20.3 Å². The molecule has 2 amide bonds. The number of hydrogen-bond donors (Lipinski definition) is 2. The van der Waals surface area contributed by atoms with Crippen LogP contribution in [0.3, 0.4) is 0 Å². The van der Waals surface area contributed by atoms with Crippen molar-refractivity contribution in [3.8, 4) is 5.75 Å². The molecule has 2 aliphatic rings. The minimum Gasteiger partial charge on any atom is -0.492 e. The smallest absolute Gasteiger partial charge is 0.234 e. The number of ether oxygens (including phenoxy) is 1. The maximum absolute atomic E-state index is 12.4.